The van der Waals surface area contributed by atoms with Gasteiger partial charge in [-0.2, -0.15) is 0 Å². The van der Waals surface area contributed by atoms with Crippen molar-refractivity contribution in [2.45, 2.75) is 20.0 Å². The number of aromatic nitrogens is 1. The molecule has 1 aliphatic heterocycles. The Morgan fingerprint density at radius 2 is 2.64 bits per heavy atom. The zero-order valence-corrected chi connectivity index (χ0v) is 8.45. The number of hydrogen-bond donors (Lipinski definition) is 1. The van der Waals surface area contributed by atoms with E-state index in [2.05, 4.69) is 10.3 Å². The maximum atomic E-state index is 5.55. The van der Waals surface area contributed by atoms with Crippen molar-refractivity contribution >= 4 is 0 Å². The van der Waals surface area contributed by atoms with Crippen LogP contribution in [0.5, 0.6) is 0 Å². The summed E-state index contributed by atoms with van der Waals surface area (Å²) in [5.74, 6) is 1.37. The molecule has 1 atom stereocenters. The first kappa shape index (κ1) is 9.68. The van der Waals surface area contributed by atoms with Crippen LogP contribution in [0.2, 0.25) is 0 Å². The van der Waals surface area contributed by atoms with E-state index in [1.807, 2.05) is 6.92 Å². The third kappa shape index (κ3) is 2.56. The summed E-state index contributed by atoms with van der Waals surface area (Å²) in [4.78, 5) is 4.17. The van der Waals surface area contributed by atoms with Crippen LogP contribution in [0.4, 0.5) is 0 Å². The summed E-state index contributed by atoms with van der Waals surface area (Å²) in [5, 5.41) is 3.31. The van der Waals surface area contributed by atoms with Gasteiger partial charge in [-0.15, -0.1) is 0 Å². The van der Waals surface area contributed by atoms with Gasteiger partial charge in [0.25, 0.3) is 0 Å². The molecule has 2 rings (SSSR count). The van der Waals surface area contributed by atoms with Gasteiger partial charge in [-0.3, -0.25) is 0 Å². The van der Waals surface area contributed by atoms with Gasteiger partial charge in [0.15, 0.2) is 5.89 Å². The minimum atomic E-state index is 0.563. The van der Waals surface area contributed by atoms with E-state index in [1.165, 1.54) is 6.42 Å². The van der Waals surface area contributed by atoms with Crippen molar-refractivity contribution in [2.24, 2.45) is 5.92 Å². The lowest BCUT2D eigenvalue weighted by atomic mass is 10.1. The molecule has 1 aliphatic rings. The quantitative estimate of drug-likeness (QED) is 0.783. The lowest BCUT2D eigenvalue weighted by Gasteiger charge is -2.07. The number of nitrogens with one attached hydrogen (secondary N) is 1. The van der Waals surface area contributed by atoms with Gasteiger partial charge in [0.05, 0.1) is 13.2 Å². The number of aryl methyl sites for hydroxylation is 1. The summed E-state index contributed by atoms with van der Waals surface area (Å²) in [5.41, 5.74) is 0.883. The summed E-state index contributed by atoms with van der Waals surface area (Å²) in [6.07, 6.45) is 2.88. The van der Waals surface area contributed by atoms with Crippen LogP contribution in [-0.4, -0.2) is 24.7 Å². The highest BCUT2D eigenvalue weighted by Crippen LogP contribution is 2.09. The molecule has 78 valence electrons. The molecule has 0 aliphatic carbocycles. The highest BCUT2D eigenvalue weighted by Gasteiger charge is 2.14. The second-order valence-corrected chi connectivity index (χ2v) is 3.73. The van der Waals surface area contributed by atoms with E-state index in [0.29, 0.717) is 18.4 Å². The van der Waals surface area contributed by atoms with E-state index in [-0.39, 0.29) is 0 Å². The Morgan fingerprint density at radius 1 is 1.71 bits per heavy atom. The molecule has 0 amide bonds. The number of oxazole rings is 1. The van der Waals surface area contributed by atoms with Crippen LogP contribution in [-0.2, 0) is 11.3 Å². The Bertz CT molecular complexity index is 279. The Balaban J connectivity index is 1.67. The maximum absolute atomic E-state index is 5.55. The van der Waals surface area contributed by atoms with Crippen LogP contribution in [0, 0.1) is 12.8 Å². The zero-order chi connectivity index (χ0) is 9.80. The smallest absolute Gasteiger partial charge is 0.191 e. The fourth-order valence-corrected chi connectivity index (χ4v) is 1.66. The Morgan fingerprint density at radius 3 is 3.29 bits per heavy atom. The highest BCUT2D eigenvalue weighted by atomic mass is 16.5. The molecule has 1 aromatic heterocycles. The Kier molecular flexibility index (Phi) is 3.16. The Labute approximate surface area is 83.7 Å². The van der Waals surface area contributed by atoms with Crippen LogP contribution >= 0.6 is 0 Å². The fourth-order valence-electron chi connectivity index (χ4n) is 1.66. The van der Waals surface area contributed by atoms with Crippen molar-refractivity contribution in [1.82, 2.24) is 10.3 Å². The molecule has 0 spiro atoms. The van der Waals surface area contributed by atoms with E-state index < -0.39 is 0 Å². The largest absolute Gasteiger partial charge is 0.449 e. The molecule has 1 fully saturated rings. The maximum Gasteiger partial charge on any atom is 0.191 e. The van der Waals surface area contributed by atoms with Crippen molar-refractivity contribution in [3.63, 3.8) is 0 Å². The second kappa shape index (κ2) is 4.57. The standard InChI is InChI=1S/C10H16N2O2/c1-8-12-10(7-14-8)6-13-5-9-2-3-11-4-9/h7,9,11H,2-6H2,1H3/t9-/m0/s1. The first-order valence-corrected chi connectivity index (χ1v) is 5.04. The zero-order valence-electron chi connectivity index (χ0n) is 8.45. The predicted molar refractivity (Wildman–Crippen MR) is 51.9 cm³/mol. The van der Waals surface area contributed by atoms with Crippen molar-refractivity contribution in [1.29, 1.82) is 0 Å². The van der Waals surface area contributed by atoms with Gasteiger partial charge in [-0.1, -0.05) is 0 Å². The van der Waals surface area contributed by atoms with Crippen molar-refractivity contribution in [3.05, 3.63) is 17.8 Å². The van der Waals surface area contributed by atoms with Crippen molar-refractivity contribution in [3.8, 4) is 0 Å². The molecule has 0 unspecified atom stereocenters. The van der Waals surface area contributed by atoms with E-state index in [4.69, 9.17) is 9.15 Å². The molecule has 2 heterocycles. The second-order valence-electron chi connectivity index (χ2n) is 3.73. The molecule has 0 radical (unpaired) electrons. The number of ether oxygens (including phenoxy) is 1. The summed E-state index contributed by atoms with van der Waals surface area (Å²) < 4.78 is 10.6. The third-order valence-electron chi connectivity index (χ3n) is 2.43. The molecule has 14 heavy (non-hydrogen) atoms. The fraction of sp³-hybridized carbons (Fsp3) is 0.700. The van der Waals surface area contributed by atoms with E-state index >= 15 is 0 Å². The van der Waals surface area contributed by atoms with Gasteiger partial charge < -0.3 is 14.5 Å². The number of nitrogens with zero attached hydrogens (tertiary/aromatic N) is 1. The molecule has 0 aromatic carbocycles. The molecule has 4 heteroatoms. The van der Waals surface area contributed by atoms with Crippen LogP contribution < -0.4 is 5.32 Å². The summed E-state index contributed by atoms with van der Waals surface area (Å²) in [6.45, 7) is 5.42. The first-order valence-electron chi connectivity index (χ1n) is 5.04. The monoisotopic (exact) mass is 196 g/mol. The molecular weight excluding hydrogens is 180 g/mol. The van der Waals surface area contributed by atoms with Crippen LogP contribution in [0.25, 0.3) is 0 Å². The molecule has 0 saturated carbocycles. The van der Waals surface area contributed by atoms with Gasteiger partial charge in [0.1, 0.15) is 12.0 Å². The van der Waals surface area contributed by atoms with Crippen LogP contribution in [0.3, 0.4) is 0 Å². The number of hydrogen-bond acceptors (Lipinski definition) is 4. The summed E-state index contributed by atoms with van der Waals surface area (Å²) in [7, 11) is 0. The summed E-state index contributed by atoms with van der Waals surface area (Å²) in [6, 6.07) is 0. The lowest BCUT2D eigenvalue weighted by molar-refractivity contribution is 0.0902. The topological polar surface area (TPSA) is 47.3 Å². The summed E-state index contributed by atoms with van der Waals surface area (Å²) >= 11 is 0. The lowest BCUT2D eigenvalue weighted by Crippen LogP contribution is -2.13. The van der Waals surface area contributed by atoms with E-state index in [9.17, 15) is 0 Å². The average Bonchev–Trinajstić information content (AvgIpc) is 2.77. The van der Waals surface area contributed by atoms with Crippen molar-refractivity contribution in [2.75, 3.05) is 19.7 Å². The molecule has 1 aromatic rings. The van der Waals surface area contributed by atoms with E-state index in [0.717, 1.165) is 25.4 Å². The van der Waals surface area contributed by atoms with E-state index in [1.54, 1.807) is 6.26 Å². The Hall–Kier alpha value is -0.870. The normalized spacial score (nSPS) is 21.6. The first-order chi connectivity index (χ1) is 6.84. The highest BCUT2D eigenvalue weighted by molar-refractivity contribution is 4.92. The molecule has 1 saturated heterocycles. The molecule has 1 N–H and O–H groups in total. The van der Waals surface area contributed by atoms with Gasteiger partial charge in [0, 0.05) is 13.5 Å². The SMILES string of the molecule is Cc1nc(COC[C@H]2CCNC2)co1. The van der Waals surface area contributed by atoms with Crippen LogP contribution in [0.1, 0.15) is 18.0 Å². The van der Waals surface area contributed by atoms with Gasteiger partial charge in [0.2, 0.25) is 0 Å². The minimum absolute atomic E-state index is 0.563. The number of rotatable bonds is 4. The molecular formula is C10H16N2O2. The van der Waals surface area contributed by atoms with Gasteiger partial charge in [-0.05, 0) is 18.9 Å². The van der Waals surface area contributed by atoms with Crippen molar-refractivity contribution < 1.29 is 9.15 Å². The predicted octanol–water partition coefficient (Wildman–Crippen LogP) is 1.11. The van der Waals surface area contributed by atoms with Gasteiger partial charge in [-0.25, -0.2) is 4.98 Å². The average molecular weight is 196 g/mol. The third-order valence-corrected chi connectivity index (χ3v) is 2.43. The minimum Gasteiger partial charge on any atom is -0.449 e. The molecule has 0 bridgehead atoms. The molecule has 4 nitrogen and oxygen atoms in total. The van der Waals surface area contributed by atoms with Gasteiger partial charge >= 0.3 is 0 Å². The van der Waals surface area contributed by atoms with Crippen LogP contribution in [0.15, 0.2) is 10.7 Å².